The molecular formula is C10H17NO2S2. The smallest absolute Gasteiger partial charge is 0.149 e. The van der Waals surface area contributed by atoms with Crippen LogP contribution in [-0.2, 0) is 9.84 Å². The second-order valence-electron chi connectivity index (χ2n) is 3.80. The summed E-state index contributed by atoms with van der Waals surface area (Å²) in [5, 5.41) is 3.06. The molecule has 0 saturated heterocycles. The average Bonchev–Trinajstić information content (AvgIpc) is 2.39. The highest BCUT2D eigenvalue weighted by molar-refractivity contribution is 7.90. The minimum atomic E-state index is -2.95. The Morgan fingerprint density at radius 3 is 2.40 bits per heavy atom. The SMILES string of the molecule is CNC(CS(C)(=O)=O)c1cc(C)sc1C. The molecule has 0 radical (unpaired) electrons. The number of rotatable bonds is 4. The first-order valence-electron chi connectivity index (χ1n) is 4.75. The number of hydrogen-bond donors (Lipinski definition) is 1. The summed E-state index contributed by atoms with van der Waals surface area (Å²) < 4.78 is 22.5. The highest BCUT2D eigenvalue weighted by Gasteiger charge is 2.18. The van der Waals surface area contributed by atoms with E-state index in [-0.39, 0.29) is 11.8 Å². The van der Waals surface area contributed by atoms with Gasteiger partial charge in [-0.3, -0.25) is 0 Å². The monoisotopic (exact) mass is 247 g/mol. The number of aryl methyl sites for hydroxylation is 2. The van der Waals surface area contributed by atoms with Gasteiger partial charge in [0.1, 0.15) is 9.84 Å². The fourth-order valence-corrected chi connectivity index (χ4v) is 3.57. The third-order valence-electron chi connectivity index (χ3n) is 2.27. The van der Waals surface area contributed by atoms with Crippen LogP contribution in [0.15, 0.2) is 6.07 Å². The van der Waals surface area contributed by atoms with E-state index in [1.165, 1.54) is 16.0 Å². The Morgan fingerprint density at radius 2 is 2.07 bits per heavy atom. The summed E-state index contributed by atoms with van der Waals surface area (Å²) in [6, 6.07) is 1.97. The largest absolute Gasteiger partial charge is 0.312 e. The van der Waals surface area contributed by atoms with E-state index in [1.54, 1.807) is 18.4 Å². The van der Waals surface area contributed by atoms with Gasteiger partial charge in [-0.1, -0.05) is 0 Å². The van der Waals surface area contributed by atoms with Crippen LogP contribution >= 0.6 is 11.3 Å². The van der Waals surface area contributed by atoms with Gasteiger partial charge < -0.3 is 5.32 Å². The zero-order valence-corrected chi connectivity index (χ0v) is 11.1. The molecule has 1 N–H and O–H groups in total. The summed E-state index contributed by atoms with van der Waals surface area (Å²) in [6.07, 6.45) is 1.27. The van der Waals surface area contributed by atoms with Crippen molar-refractivity contribution in [2.24, 2.45) is 0 Å². The van der Waals surface area contributed by atoms with E-state index in [0.29, 0.717) is 0 Å². The van der Waals surface area contributed by atoms with Gasteiger partial charge in [0.25, 0.3) is 0 Å². The van der Waals surface area contributed by atoms with Gasteiger partial charge in [0.2, 0.25) is 0 Å². The maximum Gasteiger partial charge on any atom is 0.149 e. The quantitative estimate of drug-likeness (QED) is 0.880. The molecule has 0 aliphatic carbocycles. The van der Waals surface area contributed by atoms with Crippen LogP contribution in [0.2, 0.25) is 0 Å². The van der Waals surface area contributed by atoms with Gasteiger partial charge in [0.05, 0.1) is 5.75 Å². The number of hydrogen-bond acceptors (Lipinski definition) is 4. The van der Waals surface area contributed by atoms with Crippen LogP contribution in [0.5, 0.6) is 0 Å². The number of thiophene rings is 1. The highest BCUT2D eigenvalue weighted by Crippen LogP contribution is 2.26. The van der Waals surface area contributed by atoms with Gasteiger partial charge in [-0.05, 0) is 32.5 Å². The topological polar surface area (TPSA) is 46.2 Å². The molecule has 3 nitrogen and oxygen atoms in total. The molecule has 86 valence electrons. The van der Waals surface area contributed by atoms with E-state index >= 15 is 0 Å². The van der Waals surface area contributed by atoms with E-state index in [2.05, 4.69) is 11.4 Å². The number of sulfone groups is 1. The summed E-state index contributed by atoms with van der Waals surface area (Å²) in [5.41, 5.74) is 1.10. The van der Waals surface area contributed by atoms with Crippen molar-refractivity contribution in [1.82, 2.24) is 5.32 Å². The van der Waals surface area contributed by atoms with Crippen LogP contribution in [0, 0.1) is 13.8 Å². The van der Waals surface area contributed by atoms with Crippen molar-refractivity contribution in [2.45, 2.75) is 19.9 Å². The Bertz CT molecular complexity index is 434. The van der Waals surface area contributed by atoms with Crippen molar-refractivity contribution < 1.29 is 8.42 Å². The Labute approximate surface area is 95.4 Å². The van der Waals surface area contributed by atoms with Gasteiger partial charge in [0, 0.05) is 22.1 Å². The predicted octanol–water partition coefficient (Wildman–Crippen LogP) is 1.67. The first-order chi connectivity index (χ1) is 6.83. The highest BCUT2D eigenvalue weighted by atomic mass is 32.2. The van der Waals surface area contributed by atoms with Crippen LogP contribution in [0.3, 0.4) is 0 Å². The minimum absolute atomic E-state index is 0.0926. The van der Waals surface area contributed by atoms with Crippen LogP contribution in [0.1, 0.15) is 21.4 Å². The second kappa shape index (κ2) is 4.63. The summed E-state index contributed by atoms with van der Waals surface area (Å²) in [6.45, 7) is 4.06. The summed E-state index contributed by atoms with van der Waals surface area (Å²) >= 11 is 1.70. The van der Waals surface area contributed by atoms with E-state index in [0.717, 1.165) is 5.56 Å². The second-order valence-corrected chi connectivity index (χ2v) is 7.45. The van der Waals surface area contributed by atoms with Crippen molar-refractivity contribution in [1.29, 1.82) is 0 Å². The summed E-state index contributed by atoms with van der Waals surface area (Å²) in [5.74, 6) is 0.153. The lowest BCUT2D eigenvalue weighted by Crippen LogP contribution is -2.24. The molecule has 15 heavy (non-hydrogen) atoms. The van der Waals surface area contributed by atoms with Crippen molar-refractivity contribution in [2.75, 3.05) is 19.1 Å². The molecular weight excluding hydrogens is 230 g/mol. The van der Waals surface area contributed by atoms with Crippen LogP contribution in [-0.4, -0.2) is 27.5 Å². The Balaban J connectivity index is 2.98. The molecule has 0 aliphatic rings. The molecule has 1 unspecified atom stereocenters. The lowest BCUT2D eigenvalue weighted by molar-refractivity contribution is 0.579. The van der Waals surface area contributed by atoms with Crippen molar-refractivity contribution in [3.05, 3.63) is 21.4 Å². The van der Waals surface area contributed by atoms with Crippen LogP contribution < -0.4 is 5.32 Å². The maximum atomic E-state index is 11.3. The zero-order chi connectivity index (χ0) is 11.6. The molecule has 0 fully saturated rings. The lowest BCUT2D eigenvalue weighted by atomic mass is 10.1. The maximum absolute atomic E-state index is 11.3. The average molecular weight is 247 g/mol. The van der Waals surface area contributed by atoms with Gasteiger partial charge in [-0.2, -0.15) is 0 Å². The molecule has 0 spiro atoms. The predicted molar refractivity (Wildman–Crippen MR) is 65.3 cm³/mol. The van der Waals surface area contributed by atoms with E-state index in [4.69, 9.17) is 0 Å². The third-order valence-corrected chi connectivity index (χ3v) is 4.19. The molecule has 1 atom stereocenters. The molecule has 0 bridgehead atoms. The zero-order valence-electron chi connectivity index (χ0n) is 9.49. The Kier molecular flexibility index (Phi) is 3.92. The van der Waals surface area contributed by atoms with Gasteiger partial charge in [0.15, 0.2) is 0 Å². The normalized spacial score (nSPS) is 14.1. The minimum Gasteiger partial charge on any atom is -0.312 e. The van der Waals surface area contributed by atoms with E-state index in [9.17, 15) is 8.42 Å². The molecule has 1 aromatic rings. The van der Waals surface area contributed by atoms with Gasteiger partial charge in [-0.25, -0.2) is 8.42 Å². The van der Waals surface area contributed by atoms with Crippen molar-refractivity contribution >= 4 is 21.2 Å². The van der Waals surface area contributed by atoms with Crippen LogP contribution in [0.4, 0.5) is 0 Å². The van der Waals surface area contributed by atoms with E-state index in [1.807, 2.05) is 13.8 Å². The standard InChI is InChI=1S/C10H17NO2S2/c1-7-5-9(8(2)14-7)10(11-3)6-15(4,12)13/h5,10-11H,6H2,1-4H3. The van der Waals surface area contributed by atoms with Crippen molar-refractivity contribution in [3.8, 4) is 0 Å². The molecule has 0 saturated carbocycles. The van der Waals surface area contributed by atoms with E-state index < -0.39 is 9.84 Å². The summed E-state index contributed by atoms with van der Waals surface area (Å²) in [7, 11) is -1.16. The number of nitrogens with one attached hydrogen (secondary N) is 1. The molecule has 1 heterocycles. The molecule has 1 aromatic heterocycles. The molecule has 0 amide bonds. The Hall–Kier alpha value is -0.390. The molecule has 0 aromatic carbocycles. The first kappa shape index (κ1) is 12.7. The Morgan fingerprint density at radius 1 is 1.47 bits per heavy atom. The van der Waals surface area contributed by atoms with Crippen LogP contribution in [0.25, 0.3) is 0 Å². The molecule has 1 rings (SSSR count). The third kappa shape index (κ3) is 3.59. The molecule has 5 heteroatoms. The fourth-order valence-electron chi connectivity index (χ4n) is 1.63. The van der Waals surface area contributed by atoms with Gasteiger partial charge in [-0.15, -0.1) is 11.3 Å². The van der Waals surface area contributed by atoms with Gasteiger partial charge >= 0.3 is 0 Å². The fraction of sp³-hybridized carbons (Fsp3) is 0.600. The first-order valence-corrected chi connectivity index (χ1v) is 7.63. The van der Waals surface area contributed by atoms with Crippen molar-refractivity contribution in [3.63, 3.8) is 0 Å². The molecule has 0 aliphatic heterocycles. The summed E-state index contributed by atoms with van der Waals surface area (Å²) in [4.78, 5) is 2.41. The lowest BCUT2D eigenvalue weighted by Gasteiger charge is -2.14.